The Kier molecular flexibility index (Phi) is 8.21. The third kappa shape index (κ3) is 6.55. The Labute approximate surface area is 191 Å². The molecule has 0 saturated heterocycles. The van der Waals surface area contributed by atoms with Gasteiger partial charge in [-0.3, -0.25) is 9.59 Å². The number of thiazole rings is 1. The summed E-state index contributed by atoms with van der Waals surface area (Å²) in [6, 6.07) is 13.2. The molecule has 0 saturated carbocycles. The van der Waals surface area contributed by atoms with E-state index in [9.17, 15) is 9.59 Å². The van der Waals surface area contributed by atoms with E-state index in [4.69, 9.17) is 14.2 Å². The fraction of sp³-hybridized carbons (Fsp3) is 0.292. The minimum absolute atomic E-state index is 0.0840. The normalized spacial score (nSPS) is 10.5. The number of carbonyl (C=O) groups excluding carboxylic acids is 2. The van der Waals surface area contributed by atoms with E-state index in [1.54, 1.807) is 19.6 Å². The van der Waals surface area contributed by atoms with Gasteiger partial charge in [-0.25, -0.2) is 4.98 Å². The number of ether oxygens (including phenoxy) is 3. The lowest BCUT2D eigenvalue weighted by Gasteiger charge is -2.09. The predicted octanol–water partition coefficient (Wildman–Crippen LogP) is 4.33. The zero-order valence-corrected chi connectivity index (χ0v) is 19.2. The number of hydrogen-bond donors (Lipinski definition) is 1. The van der Waals surface area contributed by atoms with Gasteiger partial charge >= 0.3 is 5.97 Å². The molecule has 1 aromatic heterocycles. The van der Waals surface area contributed by atoms with Crippen LogP contribution in [-0.4, -0.2) is 31.1 Å². The zero-order chi connectivity index (χ0) is 22.9. The van der Waals surface area contributed by atoms with Crippen LogP contribution in [0, 0.1) is 6.92 Å². The van der Waals surface area contributed by atoms with E-state index < -0.39 is 0 Å². The molecule has 2 aromatic carbocycles. The molecule has 3 aromatic rings. The van der Waals surface area contributed by atoms with Gasteiger partial charge in [-0.1, -0.05) is 24.3 Å². The van der Waals surface area contributed by atoms with Gasteiger partial charge in [-0.05, 0) is 42.7 Å². The van der Waals surface area contributed by atoms with Crippen LogP contribution in [0.3, 0.4) is 0 Å². The van der Waals surface area contributed by atoms with E-state index >= 15 is 0 Å². The van der Waals surface area contributed by atoms with Crippen LogP contribution in [-0.2, 0) is 33.8 Å². The number of anilines is 1. The number of nitrogens with zero attached hydrogens (tertiary/aromatic N) is 1. The second-order valence-electron chi connectivity index (χ2n) is 7.12. The highest BCUT2D eigenvalue weighted by Crippen LogP contribution is 2.28. The Morgan fingerprint density at radius 2 is 1.84 bits per heavy atom. The molecule has 0 spiro atoms. The van der Waals surface area contributed by atoms with Crippen LogP contribution in [0.2, 0.25) is 0 Å². The largest absolute Gasteiger partial charge is 0.493 e. The molecule has 0 aliphatic carbocycles. The minimum Gasteiger partial charge on any atom is -0.493 e. The number of benzene rings is 2. The van der Waals surface area contributed by atoms with Crippen molar-refractivity contribution in [2.45, 2.75) is 32.8 Å². The second-order valence-corrected chi connectivity index (χ2v) is 8.07. The lowest BCUT2D eigenvalue weighted by atomic mass is 10.1. The molecule has 1 N–H and O–H groups in total. The Balaban J connectivity index is 1.44. The highest BCUT2D eigenvalue weighted by atomic mass is 32.1. The van der Waals surface area contributed by atoms with Gasteiger partial charge in [0.15, 0.2) is 11.5 Å². The summed E-state index contributed by atoms with van der Waals surface area (Å²) >= 11 is 1.37. The molecule has 0 aliphatic heterocycles. The van der Waals surface area contributed by atoms with E-state index in [0.29, 0.717) is 28.6 Å². The Morgan fingerprint density at radius 1 is 1.06 bits per heavy atom. The third-order valence-electron chi connectivity index (χ3n) is 4.78. The molecule has 0 bridgehead atoms. The lowest BCUT2D eigenvalue weighted by Crippen LogP contribution is -2.15. The first-order chi connectivity index (χ1) is 15.5. The van der Waals surface area contributed by atoms with E-state index in [1.807, 2.05) is 49.4 Å². The van der Waals surface area contributed by atoms with Crippen LogP contribution in [0.25, 0.3) is 0 Å². The maximum absolute atomic E-state index is 12.3. The Hall–Kier alpha value is -3.39. The van der Waals surface area contributed by atoms with E-state index in [1.165, 1.54) is 11.3 Å². The highest BCUT2D eigenvalue weighted by Gasteiger charge is 2.12. The van der Waals surface area contributed by atoms with Crippen molar-refractivity contribution in [2.24, 2.45) is 0 Å². The molecular formula is C24H26N2O5S. The molecule has 32 heavy (non-hydrogen) atoms. The van der Waals surface area contributed by atoms with Crippen molar-refractivity contribution >= 4 is 28.9 Å². The first kappa shape index (κ1) is 23.3. The summed E-state index contributed by atoms with van der Waals surface area (Å²) in [4.78, 5) is 28.8. The number of para-hydroxylation sites is 1. The number of amides is 1. The summed E-state index contributed by atoms with van der Waals surface area (Å²) in [5.74, 6) is 0.823. The van der Waals surface area contributed by atoms with Crippen LogP contribution >= 0.6 is 11.3 Å². The van der Waals surface area contributed by atoms with Crippen molar-refractivity contribution in [1.82, 2.24) is 4.98 Å². The number of rotatable bonds is 10. The van der Waals surface area contributed by atoms with E-state index in [0.717, 1.165) is 16.8 Å². The maximum atomic E-state index is 12.3. The average Bonchev–Trinajstić information content (AvgIpc) is 3.24. The number of hydrogen-bond acceptors (Lipinski definition) is 7. The van der Waals surface area contributed by atoms with E-state index in [2.05, 4.69) is 10.3 Å². The zero-order valence-electron chi connectivity index (χ0n) is 18.3. The smallest absolute Gasteiger partial charge is 0.306 e. The summed E-state index contributed by atoms with van der Waals surface area (Å²) in [5, 5.41) is 5.37. The number of carbonyl (C=O) groups is 2. The van der Waals surface area contributed by atoms with Crippen molar-refractivity contribution in [1.29, 1.82) is 0 Å². The third-order valence-corrected chi connectivity index (χ3v) is 5.67. The van der Waals surface area contributed by atoms with Gasteiger partial charge in [0.2, 0.25) is 5.91 Å². The van der Waals surface area contributed by atoms with Gasteiger partial charge in [0.05, 0.1) is 26.3 Å². The standard InChI is InChI=1S/C24H26N2O5S/c1-16-6-4-5-7-19(16)26-22(27)13-23-25-18(15-32-23)14-31-24(28)11-9-17-8-10-20(29-2)21(12-17)30-3/h4-8,10,12,15H,9,11,13-14H2,1-3H3,(H,26,27). The average molecular weight is 455 g/mol. The van der Waals surface area contributed by atoms with Crippen LogP contribution in [0.4, 0.5) is 5.69 Å². The molecular weight excluding hydrogens is 428 g/mol. The van der Waals surface area contributed by atoms with Gasteiger partial charge in [0, 0.05) is 17.5 Å². The lowest BCUT2D eigenvalue weighted by molar-refractivity contribution is -0.145. The van der Waals surface area contributed by atoms with E-state index in [-0.39, 0.29) is 31.3 Å². The van der Waals surface area contributed by atoms with Gasteiger partial charge in [0.1, 0.15) is 11.6 Å². The molecule has 1 heterocycles. The fourth-order valence-corrected chi connectivity index (χ4v) is 3.83. The fourth-order valence-electron chi connectivity index (χ4n) is 3.05. The monoisotopic (exact) mass is 454 g/mol. The SMILES string of the molecule is COc1ccc(CCC(=O)OCc2csc(CC(=O)Nc3ccccc3C)n2)cc1OC. The van der Waals surface area contributed by atoms with Crippen LogP contribution in [0.5, 0.6) is 11.5 Å². The Morgan fingerprint density at radius 3 is 2.59 bits per heavy atom. The van der Waals surface area contributed by atoms with Crippen LogP contribution in [0.1, 0.15) is 28.2 Å². The molecule has 0 unspecified atom stereocenters. The molecule has 0 radical (unpaired) electrons. The van der Waals surface area contributed by atoms with Crippen molar-refractivity contribution in [2.75, 3.05) is 19.5 Å². The Bertz CT molecular complexity index is 1080. The van der Waals surface area contributed by atoms with Crippen molar-refractivity contribution < 1.29 is 23.8 Å². The van der Waals surface area contributed by atoms with Crippen molar-refractivity contribution in [3.05, 3.63) is 69.7 Å². The van der Waals surface area contributed by atoms with Gasteiger partial charge in [-0.2, -0.15) is 0 Å². The van der Waals surface area contributed by atoms with Crippen molar-refractivity contribution in [3.8, 4) is 11.5 Å². The molecule has 8 heteroatoms. The minimum atomic E-state index is -0.313. The van der Waals surface area contributed by atoms with Crippen molar-refractivity contribution in [3.63, 3.8) is 0 Å². The quantitative estimate of drug-likeness (QED) is 0.459. The van der Waals surface area contributed by atoms with Gasteiger partial charge in [-0.15, -0.1) is 11.3 Å². The summed E-state index contributed by atoms with van der Waals surface area (Å²) in [7, 11) is 3.15. The van der Waals surface area contributed by atoms with Gasteiger partial charge < -0.3 is 19.5 Å². The highest BCUT2D eigenvalue weighted by molar-refractivity contribution is 7.09. The first-order valence-corrected chi connectivity index (χ1v) is 11.0. The van der Waals surface area contributed by atoms with Crippen LogP contribution in [0.15, 0.2) is 47.8 Å². The molecule has 0 atom stereocenters. The molecule has 168 valence electrons. The summed E-state index contributed by atoms with van der Waals surface area (Å²) < 4.78 is 15.8. The second kappa shape index (κ2) is 11.3. The summed E-state index contributed by atoms with van der Waals surface area (Å²) in [6.45, 7) is 2.03. The predicted molar refractivity (Wildman–Crippen MR) is 123 cm³/mol. The molecule has 7 nitrogen and oxygen atoms in total. The number of aryl methyl sites for hydroxylation is 2. The maximum Gasteiger partial charge on any atom is 0.306 e. The molecule has 1 amide bonds. The summed E-state index contributed by atoms with van der Waals surface area (Å²) in [5.41, 5.74) is 3.38. The van der Waals surface area contributed by atoms with Gasteiger partial charge in [0.25, 0.3) is 0 Å². The molecule has 3 rings (SSSR count). The molecule has 0 aliphatic rings. The molecule has 0 fully saturated rings. The first-order valence-electron chi connectivity index (χ1n) is 10.1. The number of esters is 1. The number of aromatic nitrogens is 1. The van der Waals surface area contributed by atoms with Crippen LogP contribution < -0.4 is 14.8 Å². The number of nitrogens with one attached hydrogen (secondary N) is 1. The topological polar surface area (TPSA) is 86.8 Å². The summed E-state index contributed by atoms with van der Waals surface area (Å²) in [6.07, 6.45) is 0.943. The number of methoxy groups -OCH3 is 2.